The number of aromatic carboxylic acids is 1. The third kappa shape index (κ3) is 2.98. The average molecular weight is 384 g/mol. The molecular weight excluding hydrogens is 364 g/mol. The number of carbonyl (C=O) groups is 1. The fraction of sp³-hybridized carbons (Fsp3) is 0.250. The topological polar surface area (TPSA) is 86.7 Å². The monoisotopic (exact) mass is 384 g/mol. The van der Waals surface area contributed by atoms with Gasteiger partial charge in [0.2, 0.25) is 0 Å². The van der Waals surface area contributed by atoms with E-state index in [9.17, 15) is 9.90 Å². The summed E-state index contributed by atoms with van der Waals surface area (Å²) in [7, 11) is 1.61. The molecule has 0 unspecified atom stereocenters. The standard InChI is InChI=1S/C20H20N2O4S/c1-25-16-9-12-4-6-22-15(20(23)24)10-14(18-3-2-8-27-18)19(22)13(12)11-17(16)26-7-5-21/h2-3,8-11H,4-7,21H2,1H3,(H,23,24). The maximum absolute atomic E-state index is 11.8. The zero-order valence-corrected chi connectivity index (χ0v) is 15.7. The second kappa shape index (κ2) is 7.09. The zero-order chi connectivity index (χ0) is 19.0. The molecule has 0 bridgehead atoms. The number of ether oxygens (including phenoxy) is 2. The lowest BCUT2D eigenvalue weighted by Gasteiger charge is -2.23. The van der Waals surface area contributed by atoms with Gasteiger partial charge in [-0.3, -0.25) is 0 Å². The molecule has 3 heterocycles. The highest BCUT2D eigenvalue weighted by Crippen LogP contribution is 2.45. The molecule has 4 rings (SSSR count). The summed E-state index contributed by atoms with van der Waals surface area (Å²) in [5, 5.41) is 11.7. The molecule has 3 aromatic rings. The number of hydrogen-bond acceptors (Lipinski definition) is 5. The van der Waals surface area contributed by atoms with E-state index in [0.29, 0.717) is 36.9 Å². The quantitative estimate of drug-likeness (QED) is 0.679. The first-order valence-corrected chi connectivity index (χ1v) is 9.57. The molecule has 2 aromatic heterocycles. The number of carboxylic acids is 1. The second-order valence-corrected chi connectivity index (χ2v) is 7.22. The van der Waals surface area contributed by atoms with Crippen LogP contribution in [0.3, 0.4) is 0 Å². The van der Waals surface area contributed by atoms with E-state index in [-0.39, 0.29) is 0 Å². The number of aromatic nitrogens is 1. The van der Waals surface area contributed by atoms with Gasteiger partial charge in [-0.05, 0) is 41.6 Å². The van der Waals surface area contributed by atoms with Gasteiger partial charge in [0.15, 0.2) is 11.5 Å². The molecule has 140 valence electrons. The van der Waals surface area contributed by atoms with Crippen molar-refractivity contribution >= 4 is 17.3 Å². The number of carboxylic acid groups (broad SMARTS) is 1. The molecule has 0 atom stereocenters. The Kier molecular flexibility index (Phi) is 4.63. The number of hydrogen-bond donors (Lipinski definition) is 2. The van der Waals surface area contributed by atoms with Crippen molar-refractivity contribution in [2.24, 2.45) is 5.73 Å². The van der Waals surface area contributed by atoms with Crippen LogP contribution in [0.5, 0.6) is 11.5 Å². The first-order valence-electron chi connectivity index (χ1n) is 8.69. The lowest BCUT2D eigenvalue weighted by Crippen LogP contribution is -2.16. The molecule has 27 heavy (non-hydrogen) atoms. The number of thiophene rings is 1. The van der Waals surface area contributed by atoms with Crippen LogP contribution in [0.25, 0.3) is 21.7 Å². The highest BCUT2D eigenvalue weighted by atomic mass is 32.1. The Balaban J connectivity index is 1.94. The number of rotatable bonds is 6. The smallest absolute Gasteiger partial charge is 0.352 e. The number of aryl methyl sites for hydroxylation is 1. The Labute approximate surface area is 160 Å². The van der Waals surface area contributed by atoms with Gasteiger partial charge in [0, 0.05) is 29.1 Å². The van der Waals surface area contributed by atoms with Crippen molar-refractivity contribution in [3.8, 4) is 33.2 Å². The van der Waals surface area contributed by atoms with Gasteiger partial charge in [0.25, 0.3) is 0 Å². The van der Waals surface area contributed by atoms with Gasteiger partial charge in [0.1, 0.15) is 12.3 Å². The van der Waals surface area contributed by atoms with Crippen LogP contribution in [-0.4, -0.2) is 35.9 Å². The molecule has 0 saturated carbocycles. The van der Waals surface area contributed by atoms with Crippen LogP contribution in [-0.2, 0) is 13.0 Å². The lowest BCUT2D eigenvalue weighted by atomic mass is 9.95. The number of benzene rings is 1. The summed E-state index contributed by atoms with van der Waals surface area (Å²) in [6, 6.07) is 9.67. The number of nitrogens with zero attached hydrogens (tertiary/aromatic N) is 1. The van der Waals surface area contributed by atoms with E-state index in [1.54, 1.807) is 24.5 Å². The molecule has 3 N–H and O–H groups in total. The Morgan fingerprint density at radius 2 is 2.15 bits per heavy atom. The molecule has 0 amide bonds. The molecule has 6 nitrogen and oxygen atoms in total. The summed E-state index contributed by atoms with van der Waals surface area (Å²) < 4.78 is 13.1. The van der Waals surface area contributed by atoms with Crippen molar-refractivity contribution in [2.45, 2.75) is 13.0 Å². The van der Waals surface area contributed by atoms with E-state index < -0.39 is 5.97 Å². The predicted octanol–water partition coefficient (Wildman–Crippen LogP) is 3.48. The van der Waals surface area contributed by atoms with E-state index in [1.807, 2.05) is 34.2 Å². The molecule has 0 aliphatic carbocycles. The average Bonchev–Trinajstić information content (AvgIpc) is 3.32. The van der Waals surface area contributed by atoms with Crippen molar-refractivity contribution in [3.63, 3.8) is 0 Å². The van der Waals surface area contributed by atoms with Crippen LogP contribution in [0.15, 0.2) is 35.7 Å². The van der Waals surface area contributed by atoms with E-state index in [0.717, 1.165) is 33.7 Å². The number of nitrogens with two attached hydrogens (primary N) is 1. The largest absolute Gasteiger partial charge is 0.493 e. The van der Waals surface area contributed by atoms with Crippen LogP contribution in [0, 0.1) is 0 Å². The summed E-state index contributed by atoms with van der Waals surface area (Å²) in [5.74, 6) is 0.360. The molecule has 0 fully saturated rings. The molecule has 7 heteroatoms. The van der Waals surface area contributed by atoms with Gasteiger partial charge in [-0.2, -0.15) is 0 Å². The molecule has 0 saturated heterocycles. The maximum atomic E-state index is 11.8. The van der Waals surface area contributed by atoms with Gasteiger partial charge in [-0.1, -0.05) is 6.07 Å². The van der Waals surface area contributed by atoms with Crippen LogP contribution < -0.4 is 15.2 Å². The molecule has 0 radical (unpaired) electrons. The normalized spacial score (nSPS) is 12.4. The molecule has 1 aliphatic rings. The number of fused-ring (bicyclic) bond motifs is 3. The Hall–Kier alpha value is -2.77. The predicted molar refractivity (Wildman–Crippen MR) is 105 cm³/mol. The molecule has 1 aliphatic heterocycles. The Bertz CT molecular complexity index is 992. The summed E-state index contributed by atoms with van der Waals surface area (Å²) in [4.78, 5) is 12.8. The zero-order valence-electron chi connectivity index (χ0n) is 14.9. The van der Waals surface area contributed by atoms with Crippen LogP contribution in [0.1, 0.15) is 16.1 Å². The van der Waals surface area contributed by atoms with Crippen molar-refractivity contribution in [1.29, 1.82) is 0 Å². The minimum Gasteiger partial charge on any atom is -0.493 e. The molecular formula is C20H20N2O4S. The van der Waals surface area contributed by atoms with Crippen molar-refractivity contribution in [2.75, 3.05) is 20.3 Å². The Morgan fingerprint density at radius 1 is 1.30 bits per heavy atom. The van der Waals surface area contributed by atoms with Crippen LogP contribution in [0.4, 0.5) is 0 Å². The van der Waals surface area contributed by atoms with Crippen molar-refractivity contribution in [3.05, 3.63) is 47.0 Å². The Morgan fingerprint density at radius 3 is 2.81 bits per heavy atom. The maximum Gasteiger partial charge on any atom is 0.352 e. The van der Waals surface area contributed by atoms with Gasteiger partial charge in [-0.15, -0.1) is 11.3 Å². The van der Waals surface area contributed by atoms with E-state index >= 15 is 0 Å². The highest BCUT2D eigenvalue weighted by molar-refractivity contribution is 7.13. The van der Waals surface area contributed by atoms with Gasteiger partial charge >= 0.3 is 5.97 Å². The van der Waals surface area contributed by atoms with Crippen LogP contribution in [0.2, 0.25) is 0 Å². The lowest BCUT2D eigenvalue weighted by molar-refractivity contribution is 0.0685. The summed E-state index contributed by atoms with van der Waals surface area (Å²) in [5.41, 5.74) is 9.82. The third-order valence-electron chi connectivity index (χ3n) is 4.73. The minimum absolute atomic E-state index is 0.305. The molecule has 1 aromatic carbocycles. The number of methoxy groups -OCH3 is 1. The van der Waals surface area contributed by atoms with E-state index in [1.165, 1.54) is 0 Å². The van der Waals surface area contributed by atoms with Gasteiger partial charge in [-0.25, -0.2) is 4.79 Å². The first kappa shape index (κ1) is 17.6. The van der Waals surface area contributed by atoms with E-state index in [2.05, 4.69) is 0 Å². The highest BCUT2D eigenvalue weighted by Gasteiger charge is 2.28. The summed E-state index contributed by atoms with van der Waals surface area (Å²) in [6.45, 7) is 1.40. The fourth-order valence-electron chi connectivity index (χ4n) is 3.57. The second-order valence-electron chi connectivity index (χ2n) is 6.27. The fourth-order valence-corrected chi connectivity index (χ4v) is 4.31. The SMILES string of the molecule is COc1cc2c(cc1OCCN)-c1c(-c3cccs3)cc(C(=O)O)n1CC2. The van der Waals surface area contributed by atoms with Crippen LogP contribution >= 0.6 is 11.3 Å². The summed E-state index contributed by atoms with van der Waals surface area (Å²) in [6.07, 6.45) is 0.731. The third-order valence-corrected chi connectivity index (χ3v) is 5.63. The summed E-state index contributed by atoms with van der Waals surface area (Å²) >= 11 is 1.60. The first-order chi connectivity index (χ1) is 13.1. The van der Waals surface area contributed by atoms with Crippen molar-refractivity contribution in [1.82, 2.24) is 4.57 Å². The van der Waals surface area contributed by atoms with Gasteiger partial charge < -0.3 is 24.9 Å². The minimum atomic E-state index is -0.921. The van der Waals surface area contributed by atoms with E-state index in [4.69, 9.17) is 15.2 Å². The van der Waals surface area contributed by atoms with Crippen molar-refractivity contribution < 1.29 is 19.4 Å². The van der Waals surface area contributed by atoms with Gasteiger partial charge in [0.05, 0.1) is 12.8 Å². The molecule has 0 spiro atoms.